The number of H-pyrrole nitrogens is 1. The maximum absolute atomic E-state index is 13.5. The van der Waals surface area contributed by atoms with E-state index < -0.39 is 41.3 Å². The third kappa shape index (κ3) is 2.66. The number of hydrogen-bond acceptors (Lipinski definition) is 6. The summed E-state index contributed by atoms with van der Waals surface area (Å²) in [7, 11) is 1.55. The molecule has 1 aromatic carbocycles. The first kappa shape index (κ1) is 20.3. The average molecular weight is 429 g/mol. The van der Waals surface area contributed by atoms with Gasteiger partial charge in [-0.25, -0.2) is 0 Å². The topological polar surface area (TPSA) is 126 Å². The highest BCUT2D eigenvalue weighted by atomic mass is 16.5. The van der Waals surface area contributed by atoms with Crippen LogP contribution in [0.2, 0.25) is 0 Å². The van der Waals surface area contributed by atoms with Crippen LogP contribution in [0.3, 0.4) is 0 Å². The molecule has 31 heavy (non-hydrogen) atoms. The Kier molecular flexibility index (Phi) is 4.22. The van der Waals surface area contributed by atoms with Crippen LogP contribution in [0.25, 0.3) is 10.9 Å². The number of fused-ring (bicyclic) bond motifs is 5. The van der Waals surface area contributed by atoms with Crippen LogP contribution >= 0.6 is 0 Å². The Morgan fingerprint density at radius 1 is 1.32 bits per heavy atom. The number of aromatic amines is 1. The van der Waals surface area contributed by atoms with E-state index in [-0.39, 0.29) is 6.42 Å². The number of benzene rings is 1. The van der Waals surface area contributed by atoms with Gasteiger partial charge in [-0.2, -0.15) is 0 Å². The molecule has 3 aliphatic heterocycles. The van der Waals surface area contributed by atoms with Gasteiger partial charge in [0.25, 0.3) is 11.6 Å². The van der Waals surface area contributed by atoms with Gasteiger partial charge in [-0.05, 0) is 38.8 Å². The van der Waals surface area contributed by atoms with E-state index >= 15 is 0 Å². The first-order valence-electron chi connectivity index (χ1n) is 10.5. The fourth-order valence-corrected chi connectivity index (χ4v) is 5.45. The summed E-state index contributed by atoms with van der Waals surface area (Å²) in [6, 6.07) is 3.76. The van der Waals surface area contributed by atoms with E-state index in [0.717, 1.165) is 4.90 Å². The molecular formula is C22H27N3O6. The maximum Gasteiger partial charge on any atom is 0.279 e. The van der Waals surface area contributed by atoms with E-state index in [0.29, 0.717) is 47.3 Å². The molecule has 9 heteroatoms. The van der Waals surface area contributed by atoms with E-state index in [4.69, 9.17) is 4.74 Å². The molecule has 2 saturated heterocycles. The van der Waals surface area contributed by atoms with Gasteiger partial charge >= 0.3 is 0 Å². The first-order chi connectivity index (χ1) is 14.6. The second kappa shape index (κ2) is 6.44. The van der Waals surface area contributed by atoms with Gasteiger partial charge in [-0.1, -0.05) is 0 Å². The predicted molar refractivity (Wildman–Crippen MR) is 110 cm³/mol. The summed E-state index contributed by atoms with van der Waals surface area (Å²) in [5.74, 6) is -0.477. The molecule has 166 valence electrons. The molecular weight excluding hydrogens is 402 g/mol. The predicted octanol–water partition coefficient (Wildman–Crippen LogP) is 0.947. The Balaban J connectivity index is 1.77. The van der Waals surface area contributed by atoms with Crippen molar-refractivity contribution in [3.63, 3.8) is 0 Å². The maximum atomic E-state index is 13.5. The molecule has 9 nitrogen and oxygen atoms in total. The Morgan fingerprint density at radius 2 is 2.06 bits per heavy atom. The Bertz CT molecular complexity index is 1090. The van der Waals surface area contributed by atoms with Crippen molar-refractivity contribution in [3.8, 4) is 5.75 Å². The molecule has 3 aliphatic rings. The first-order valence-corrected chi connectivity index (χ1v) is 10.5. The quantitative estimate of drug-likeness (QED) is 0.576. The third-order valence-corrected chi connectivity index (χ3v) is 6.79. The zero-order valence-corrected chi connectivity index (χ0v) is 17.8. The van der Waals surface area contributed by atoms with Crippen LogP contribution in [0.4, 0.5) is 0 Å². The van der Waals surface area contributed by atoms with Gasteiger partial charge in [-0.3, -0.25) is 14.5 Å². The molecule has 0 bridgehead atoms. The minimum atomic E-state index is -2.43. The highest BCUT2D eigenvalue weighted by Crippen LogP contribution is 2.52. The fourth-order valence-electron chi connectivity index (χ4n) is 5.45. The number of ether oxygens (including phenoxy) is 1. The number of nitrogens with zero attached hydrogens (tertiary/aromatic N) is 2. The molecule has 0 unspecified atom stereocenters. The van der Waals surface area contributed by atoms with Gasteiger partial charge in [-0.15, -0.1) is 0 Å². The number of hydrogen-bond donors (Lipinski definition) is 4. The molecule has 1 aromatic heterocycles. The highest BCUT2D eigenvalue weighted by molar-refractivity contribution is 6.01. The largest absolute Gasteiger partial charge is 0.497 e. The number of methoxy groups -OCH3 is 1. The SMILES string of the molecule is COc1ccc2c3c([nH]c2c1)[C@H](CC(C)(C)O)N1C(=O)[C@@H]2CCCN2C(=O)[C@@]1(O)[C@H]3O. The summed E-state index contributed by atoms with van der Waals surface area (Å²) >= 11 is 0. The minimum absolute atomic E-state index is 0.0741. The van der Waals surface area contributed by atoms with Gasteiger partial charge < -0.3 is 29.9 Å². The van der Waals surface area contributed by atoms with E-state index in [1.165, 1.54) is 4.90 Å². The van der Waals surface area contributed by atoms with Crippen molar-refractivity contribution in [2.45, 2.75) is 62.6 Å². The van der Waals surface area contributed by atoms with Crippen LogP contribution in [-0.2, 0) is 9.59 Å². The van der Waals surface area contributed by atoms with Gasteiger partial charge in [0.05, 0.1) is 18.8 Å². The number of aromatic nitrogens is 1. The fraction of sp³-hybridized carbons (Fsp3) is 0.545. The standard InChI is InChI=1S/C22H27N3O6/c1-21(2,29)10-15-17-16(12-7-6-11(31-3)9-13(12)23-17)18(26)22(30)20(28)24-8-4-5-14(24)19(27)25(15)22/h6-7,9,14-15,18,23,26,29-30H,4-5,8,10H2,1-3H3/t14-,15-,18-,22-/m0/s1. The number of aliphatic hydroxyl groups is 3. The molecule has 2 fully saturated rings. The summed E-state index contributed by atoms with van der Waals surface area (Å²) < 4.78 is 5.29. The van der Waals surface area contributed by atoms with Crippen molar-refractivity contribution < 1.29 is 29.6 Å². The van der Waals surface area contributed by atoms with E-state index in [1.807, 2.05) is 0 Å². The van der Waals surface area contributed by atoms with Gasteiger partial charge in [0.15, 0.2) is 0 Å². The van der Waals surface area contributed by atoms with Crippen molar-refractivity contribution in [1.82, 2.24) is 14.8 Å². The number of aliphatic hydroxyl groups excluding tert-OH is 1. The van der Waals surface area contributed by atoms with Crippen LogP contribution in [0.5, 0.6) is 5.75 Å². The second-order valence-corrected chi connectivity index (χ2v) is 9.39. The third-order valence-electron chi connectivity index (χ3n) is 6.79. The molecule has 4 N–H and O–H groups in total. The number of piperazine rings is 1. The minimum Gasteiger partial charge on any atom is -0.497 e. The molecule has 5 rings (SSSR count). The van der Waals surface area contributed by atoms with Crippen molar-refractivity contribution in [3.05, 3.63) is 29.5 Å². The summed E-state index contributed by atoms with van der Waals surface area (Å²) in [4.78, 5) is 32.7. The lowest BCUT2D eigenvalue weighted by Crippen LogP contribution is -2.74. The molecule has 4 heterocycles. The van der Waals surface area contributed by atoms with Crippen molar-refractivity contribution >= 4 is 22.7 Å². The van der Waals surface area contributed by atoms with Crippen LogP contribution in [0, 0.1) is 0 Å². The smallest absolute Gasteiger partial charge is 0.279 e. The van der Waals surface area contributed by atoms with E-state index in [2.05, 4.69) is 4.98 Å². The lowest BCUT2D eigenvalue weighted by Gasteiger charge is -2.55. The number of carbonyl (C=O) groups is 2. The monoisotopic (exact) mass is 429 g/mol. The second-order valence-electron chi connectivity index (χ2n) is 9.39. The summed E-state index contributed by atoms with van der Waals surface area (Å²) in [5, 5.41) is 34.3. The van der Waals surface area contributed by atoms with Crippen molar-refractivity contribution in [2.24, 2.45) is 0 Å². The average Bonchev–Trinajstić information content (AvgIpc) is 3.34. The molecule has 2 amide bonds. The molecule has 2 aromatic rings. The van der Waals surface area contributed by atoms with Gasteiger partial charge in [0.2, 0.25) is 5.91 Å². The van der Waals surface area contributed by atoms with Crippen LogP contribution in [0.15, 0.2) is 18.2 Å². The zero-order chi connectivity index (χ0) is 22.3. The van der Waals surface area contributed by atoms with Crippen LogP contribution in [-0.4, -0.2) is 72.9 Å². The van der Waals surface area contributed by atoms with Crippen LogP contribution < -0.4 is 4.74 Å². The molecule has 0 saturated carbocycles. The number of rotatable bonds is 3. The highest BCUT2D eigenvalue weighted by Gasteiger charge is 2.65. The van der Waals surface area contributed by atoms with Crippen molar-refractivity contribution in [1.29, 1.82) is 0 Å². The Labute approximate surface area is 179 Å². The molecule has 0 aliphatic carbocycles. The molecule has 0 spiro atoms. The van der Waals surface area contributed by atoms with E-state index in [9.17, 15) is 24.9 Å². The summed E-state index contributed by atoms with van der Waals surface area (Å²) in [5.41, 5.74) is -2.11. The number of amides is 2. The normalized spacial score (nSPS) is 30.5. The Morgan fingerprint density at radius 3 is 2.74 bits per heavy atom. The number of nitrogens with one attached hydrogen (secondary N) is 1. The lowest BCUT2D eigenvalue weighted by atomic mass is 9.80. The lowest BCUT2D eigenvalue weighted by molar-refractivity contribution is -0.234. The van der Waals surface area contributed by atoms with Crippen LogP contribution in [0.1, 0.15) is 56.5 Å². The molecule has 4 atom stereocenters. The number of carbonyl (C=O) groups excluding carboxylic acids is 2. The summed E-state index contributed by atoms with van der Waals surface area (Å²) in [6.45, 7) is 3.59. The zero-order valence-electron chi connectivity index (χ0n) is 17.8. The van der Waals surface area contributed by atoms with Gasteiger partial charge in [0.1, 0.15) is 17.9 Å². The van der Waals surface area contributed by atoms with Gasteiger partial charge in [0, 0.05) is 41.2 Å². The Hall–Kier alpha value is -2.62. The molecule has 0 radical (unpaired) electrons. The van der Waals surface area contributed by atoms with E-state index in [1.54, 1.807) is 39.2 Å². The summed E-state index contributed by atoms with van der Waals surface area (Å²) in [6.07, 6.45) is -0.392. The van der Waals surface area contributed by atoms with Crippen molar-refractivity contribution in [2.75, 3.05) is 13.7 Å².